The van der Waals surface area contributed by atoms with Gasteiger partial charge >= 0.3 is 0 Å². The van der Waals surface area contributed by atoms with Crippen LogP contribution in [-0.4, -0.2) is 10.3 Å². The lowest BCUT2D eigenvalue weighted by Gasteiger charge is -2.26. The van der Waals surface area contributed by atoms with Crippen LogP contribution in [0, 0.1) is 0 Å². The molecule has 0 saturated carbocycles. The Hall–Kier alpha value is 0.0600. The topological polar surface area (TPSA) is 0 Å². The maximum Gasteiger partial charge on any atom is 0.0824 e. The smallest absolute Gasteiger partial charge is 0.0824 e. The molecule has 1 aliphatic rings. The molecule has 0 fully saturated rings. The largest absolute Gasteiger partial charge is 0.116 e. The summed E-state index contributed by atoms with van der Waals surface area (Å²) in [4.78, 5) is -0.351. The minimum absolute atomic E-state index is 0.0656. The zero-order valence-electron chi connectivity index (χ0n) is 5.85. The molecule has 0 aliphatic heterocycles. The molecule has 0 saturated heterocycles. The molecule has 10 heavy (non-hydrogen) atoms. The average Bonchev–Trinajstić information content (AvgIpc) is 1.96. The first-order valence-electron chi connectivity index (χ1n) is 3.38. The van der Waals surface area contributed by atoms with E-state index in [0.29, 0.717) is 0 Å². The van der Waals surface area contributed by atoms with Gasteiger partial charge in [0, 0.05) is 0 Å². The monoisotopic (exact) mass is 176 g/mol. The molecule has 0 bridgehead atoms. The van der Waals surface area contributed by atoms with Gasteiger partial charge < -0.3 is 0 Å². The summed E-state index contributed by atoms with van der Waals surface area (Å²) in [7, 11) is 0. The minimum atomic E-state index is -0.351. The van der Waals surface area contributed by atoms with E-state index in [1.54, 1.807) is 0 Å². The Labute approximate surface area is 71.5 Å². The molecule has 1 aliphatic carbocycles. The number of hydrogen-bond donors (Lipinski definition) is 0. The van der Waals surface area contributed by atoms with Gasteiger partial charge in [-0.3, -0.25) is 0 Å². The summed E-state index contributed by atoms with van der Waals surface area (Å²) in [6, 6.07) is 0. The lowest BCUT2D eigenvalue weighted by Crippen LogP contribution is -2.29. The highest BCUT2D eigenvalue weighted by Gasteiger charge is 2.30. The highest BCUT2D eigenvalue weighted by molar-refractivity contribution is 6.34. The summed E-state index contributed by atoms with van der Waals surface area (Å²) in [5, 5.41) is -0.0656. The summed E-state index contributed by atoms with van der Waals surface area (Å²) in [5.41, 5.74) is 0. The van der Waals surface area contributed by atoms with Crippen LogP contribution in [0.4, 0.5) is 0 Å². The van der Waals surface area contributed by atoms with Crippen molar-refractivity contribution in [1.29, 1.82) is 0 Å². The molecular formula is C8H10Cl2. The Morgan fingerprint density at radius 3 is 2.60 bits per heavy atom. The quantitative estimate of drug-likeness (QED) is 0.540. The SMILES string of the molecule is CCC1(Cl)C=CC=CC1Cl. The van der Waals surface area contributed by atoms with Gasteiger partial charge in [-0.05, 0) is 6.42 Å². The van der Waals surface area contributed by atoms with Crippen molar-refractivity contribution in [3.63, 3.8) is 0 Å². The summed E-state index contributed by atoms with van der Waals surface area (Å²) in [6.45, 7) is 2.03. The normalized spacial score (nSPS) is 38.5. The predicted molar refractivity (Wildman–Crippen MR) is 46.8 cm³/mol. The minimum Gasteiger partial charge on any atom is -0.116 e. The van der Waals surface area contributed by atoms with Gasteiger partial charge in [0.25, 0.3) is 0 Å². The fourth-order valence-electron chi connectivity index (χ4n) is 0.942. The zero-order valence-corrected chi connectivity index (χ0v) is 7.36. The molecule has 0 aromatic rings. The Morgan fingerprint density at radius 1 is 1.50 bits per heavy atom. The second kappa shape index (κ2) is 2.98. The van der Waals surface area contributed by atoms with E-state index in [0.717, 1.165) is 6.42 Å². The van der Waals surface area contributed by atoms with Crippen LogP contribution in [0.25, 0.3) is 0 Å². The van der Waals surface area contributed by atoms with Crippen LogP contribution in [0.5, 0.6) is 0 Å². The molecular weight excluding hydrogens is 167 g/mol. The Balaban J connectivity index is 2.77. The van der Waals surface area contributed by atoms with Crippen molar-refractivity contribution in [1.82, 2.24) is 0 Å². The molecule has 0 N–H and O–H groups in total. The third-order valence-corrected chi connectivity index (χ3v) is 3.04. The first kappa shape index (κ1) is 8.16. The first-order valence-corrected chi connectivity index (χ1v) is 4.19. The Bertz CT molecular complexity index is 172. The van der Waals surface area contributed by atoms with E-state index in [1.807, 2.05) is 31.2 Å². The highest BCUT2D eigenvalue weighted by atomic mass is 35.5. The van der Waals surface area contributed by atoms with Crippen LogP contribution in [0.2, 0.25) is 0 Å². The molecule has 0 radical (unpaired) electrons. The van der Waals surface area contributed by atoms with Crippen molar-refractivity contribution in [2.75, 3.05) is 0 Å². The lowest BCUT2D eigenvalue weighted by molar-refractivity contribution is 0.682. The van der Waals surface area contributed by atoms with Gasteiger partial charge in [0.1, 0.15) is 0 Å². The number of rotatable bonds is 1. The standard InChI is InChI=1S/C8H10Cl2/c1-2-8(10)6-4-3-5-7(8)9/h3-7H,2H2,1H3. The lowest BCUT2D eigenvalue weighted by atomic mass is 9.97. The fourth-order valence-corrected chi connectivity index (χ4v) is 1.40. The second-order valence-electron chi connectivity index (χ2n) is 2.43. The molecule has 0 amide bonds. The molecule has 2 heteroatoms. The fraction of sp³-hybridized carbons (Fsp3) is 0.500. The van der Waals surface area contributed by atoms with Gasteiger partial charge in [-0.25, -0.2) is 0 Å². The van der Waals surface area contributed by atoms with Crippen LogP contribution in [0.15, 0.2) is 24.3 Å². The van der Waals surface area contributed by atoms with E-state index in [-0.39, 0.29) is 10.3 Å². The van der Waals surface area contributed by atoms with Gasteiger partial charge in [-0.2, -0.15) is 0 Å². The number of halogens is 2. The molecule has 1 rings (SSSR count). The van der Waals surface area contributed by atoms with Crippen LogP contribution in [-0.2, 0) is 0 Å². The number of alkyl halides is 2. The van der Waals surface area contributed by atoms with E-state index in [1.165, 1.54) is 0 Å². The van der Waals surface area contributed by atoms with Gasteiger partial charge in [0.05, 0.1) is 10.3 Å². The van der Waals surface area contributed by atoms with Crippen LogP contribution in [0.3, 0.4) is 0 Å². The van der Waals surface area contributed by atoms with Gasteiger partial charge in [-0.15, -0.1) is 23.2 Å². The molecule has 0 aromatic heterocycles. The molecule has 0 spiro atoms. The predicted octanol–water partition coefficient (Wildman–Crippen LogP) is 3.11. The third-order valence-electron chi connectivity index (χ3n) is 1.76. The number of hydrogen-bond acceptors (Lipinski definition) is 0. The highest BCUT2D eigenvalue weighted by Crippen LogP contribution is 2.32. The Morgan fingerprint density at radius 2 is 2.20 bits per heavy atom. The molecule has 0 nitrogen and oxygen atoms in total. The maximum atomic E-state index is 6.14. The molecule has 2 atom stereocenters. The van der Waals surface area contributed by atoms with E-state index in [2.05, 4.69) is 0 Å². The van der Waals surface area contributed by atoms with Gasteiger partial charge in [0.2, 0.25) is 0 Å². The van der Waals surface area contributed by atoms with E-state index in [4.69, 9.17) is 23.2 Å². The van der Waals surface area contributed by atoms with E-state index < -0.39 is 0 Å². The van der Waals surface area contributed by atoms with E-state index >= 15 is 0 Å². The third kappa shape index (κ3) is 1.38. The summed E-state index contributed by atoms with van der Waals surface area (Å²) >= 11 is 12.1. The summed E-state index contributed by atoms with van der Waals surface area (Å²) in [6.07, 6.45) is 8.59. The van der Waals surface area contributed by atoms with Crippen molar-refractivity contribution < 1.29 is 0 Å². The van der Waals surface area contributed by atoms with Crippen molar-refractivity contribution in [3.05, 3.63) is 24.3 Å². The van der Waals surface area contributed by atoms with Crippen LogP contribution in [0.1, 0.15) is 13.3 Å². The summed E-state index contributed by atoms with van der Waals surface area (Å²) in [5.74, 6) is 0. The molecule has 0 aromatic carbocycles. The molecule has 0 heterocycles. The summed E-state index contributed by atoms with van der Waals surface area (Å²) < 4.78 is 0. The van der Waals surface area contributed by atoms with Crippen LogP contribution < -0.4 is 0 Å². The zero-order chi connectivity index (χ0) is 7.61. The Kier molecular flexibility index (Phi) is 2.43. The van der Waals surface area contributed by atoms with E-state index in [9.17, 15) is 0 Å². The van der Waals surface area contributed by atoms with Gasteiger partial charge in [0.15, 0.2) is 0 Å². The van der Waals surface area contributed by atoms with Crippen molar-refractivity contribution in [3.8, 4) is 0 Å². The van der Waals surface area contributed by atoms with Crippen molar-refractivity contribution in [2.24, 2.45) is 0 Å². The number of allylic oxidation sites excluding steroid dienone is 4. The maximum absolute atomic E-state index is 6.14. The molecule has 56 valence electrons. The van der Waals surface area contributed by atoms with Gasteiger partial charge in [-0.1, -0.05) is 31.2 Å². The second-order valence-corrected chi connectivity index (χ2v) is 3.60. The average molecular weight is 177 g/mol. The molecule has 2 unspecified atom stereocenters. The van der Waals surface area contributed by atoms with Crippen LogP contribution >= 0.6 is 23.2 Å². The van der Waals surface area contributed by atoms with Crippen molar-refractivity contribution >= 4 is 23.2 Å². The first-order chi connectivity index (χ1) is 4.69. The van der Waals surface area contributed by atoms with Crippen molar-refractivity contribution in [2.45, 2.75) is 23.6 Å².